The van der Waals surface area contributed by atoms with Crippen LogP contribution in [0, 0.1) is 17.8 Å². The van der Waals surface area contributed by atoms with Crippen LogP contribution in [0.4, 0.5) is 5.69 Å². The number of rotatable bonds is 6. The predicted molar refractivity (Wildman–Crippen MR) is 107 cm³/mol. The van der Waals surface area contributed by atoms with E-state index in [0.29, 0.717) is 29.0 Å². The number of anilines is 1. The minimum atomic E-state index is -0.272. The van der Waals surface area contributed by atoms with Gasteiger partial charge in [-0.3, -0.25) is 4.79 Å². The average Bonchev–Trinajstić information content (AvgIpc) is 2.68. The van der Waals surface area contributed by atoms with Crippen molar-refractivity contribution in [1.29, 1.82) is 0 Å². The topological polar surface area (TPSA) is 55.4 Å². The third-order valence-electron chi connectivity index (χ3n) is 5.11. The summed E-state index contributed by atoms with van der Waals surface area (Å²) in [5.41, 5.74) is 1.66. The highest BCUT2D eigenvalue weighted by Crippen LogP contribution is 2.34. The highest BCUT2D eigenvalue weighted by molar-refractivity contribution is 6.32. The zero-order chi connectivity index (χ0) is 19.2. The molecule has 1 fully saturated rings. The van der Waals surface area contributed by atoms with Crippen LogP contribution in [0.5, 0.6) is 5.75 Å². The standard InChI is InChI=1S/C22H24ClNO3/c1-15-7-9-19(17(11-15)13-25)22(26)24-18-8-10-21(20(23)12-18)27-14-16-5-3-2-4-6-16/h2-6,8,10,12-13,15,17,19H,7,9,11,14H2,1H3,(H,24,26). The van der Waals surface area contributed by atoms with E-state index in [1.807, 2.05) is 30.3 Å². The van der Waals surface area contributed by atoms with E-state index in [-0.39, 0.29) is 17.7 Å². The maximum absolute atomic E-state index is 12.6. The van der Waals surface area contributed by atoms with E-state index in [1.165, 1.54) is 0 Å². The van der Waals surface area contributed by atoms with E-state index in [0.717, 1.165) is 31.1 Å². The van der Waals surface area contributed by atoms with Crippen LogP contribution in [0.15, 0.2) is 48.5 Å². The van der Waals surface area contributed by atoms with Crippen LogP contribution < -0.4 is 10.1 Å². The Labute approximate surface area is 164 Å². The molecule has 0 aliphatic heterocycles. The second-order valence-electron chi connectivity index (χ2n) is 7.23. The first-order valence-corrected chi connectivity index (χ1v) is 9.67. The third-order valence-corrected chi connectivity index (χ3v) is 5.41. The highest BCUT2D eigenvalue weighted by Gasteiger charge is 2.33. The number of hydrogen-bond acceptors (Lipinski definition) is 3. The molecule has 1 aliphatic rings. The van der Waals surface area contributed by atoms with Crippen molar-refractivity contribution in [3.8, 4) is 5.75 Å². The van der Waals surface area contributed by atoms with E-state index < -0.39 is 0 Å². The number of carbonyl (C=O) groups is 2. The monoisotopic (exact) mass is 385 g/mol. The molecule has 3 atom stereocenters. The third kappa shape index (κ3) is 5.10. The minimum Gasteiger partial charge on any atom is -0.487 e. The molecule has 2 aromatic carbocycles. The predicted octanol–water partition coefficient (Wildman–Crippen LogP) is 5.11. The molecule has 3 unspecified atom stereocenters. The quantitative estimate of drug-likeness (QED) is 0.703. The molecule has 5 heteroatoms. The molecule has 0 saturated heterocycles. The van der Waals surface area contributed by atoms with Crippen molar-refractivity contribution < 1.29 is 14.3 Å². The molecule has 0 heterocycles. The molecule has 1 amide bonds. The Hall–Kier alpha value is -2.33. The molecule has 0 bridgehead atoms. The molecule has 1 saturated carbocycles. The summed E-state index contributed by atoms with van der Waals surface area (Å²) in [6, 6.07) is 15.0. The lowest BCUT2D eigenvalue weighted by molar-refractivity contribution is -0.127. The lowest BCUT2D eigenvalue weighted by atomic mass is 9.75. The molecule has 0 radical (unpaired) electrons. The number of carbonyl (C=O) groups excluding carboxylic acids is 2. The fraction of sp³-hybridized carbons (Fsp3) is 0.364. The van der Waals surface area contributed by atoms with Gasteiger partial charge in [-0.25, -0.2) is 0 Å². The molecule has 1 N–H and O–H groups in total. The van der Waals surface area contributed by atoms with Crippen LogP contribution in [0.1, 0.15) is 31.7 Å². The van der Waals surface area contributed by atoms with Gasteiger partial charge in [0.1, 0.15) is 18.6 Å². The first-order chi connectivity index (χ1) is 13.1. The van der Waals surface area contributed by atoms with Crippen LogP contribution >= 0.6 is 11.6 Å². The Balaban J connectivity index is 1.61. The van der Waals surface area contributed by atoms with Gasteiger partial charge in [0.15, 0.2) is 0 Å². The van der Waals surface area contributed by atoms with Gasteiger partial charge in [-0.05, 0) is 48.9 Å². The van der Waals surface area contributed by atoms with Gasteiger partial charge in [-0.15, -0.1) is 0 Å². The Bertz CT molecular complexity index is 793. The molecule has 4 nitrogen and oxygen atoms in total. The first kappa shape index (κ1) is 19.4. The summed E-state index contributed by atoms with van der Waals surface area (Å²) in [7, 11) is 0. The summed E-state index contributed by atoms with van der Waals surface area (Å²) in [5.74, 6) is 0.452. The van der Waals surface area contributed by atoms with Crippen molar-refractivity contribution >= 4 is 29.5 Å². The Kier molecular flexibility index (Phi) is 6.51. The molecule has 27 heavy (non-hydrogen) atoms. The summed E-state index contributed by atoms with van der Waals surface area (Å²) in [6.07, 6.45) is 3.40. The SMILES string of the molecule is CC1CCC(C(=O)Nc2ccc(OCc3ccccc3)c(Cl)c2)C(C=O)C1. The first-order valence-electron chi connectivity index (χ1n) is 9.29. The Morgan fingerprint density at radius 3 is 2.70 bits per heavy atom. The second-order valence-corrected chi connectivity index (χ2v) is 7.64. The Morgan fingerprint density at radius 1 is 1.22 bits per heavy atom. The fourth-order valence-corrected chi connectivity index (χ4v) is 3.80. The molecule has 0 aromatic heterocycles. The van der Waals surface area contributed by atoms with Gasteiger partial charge in [0, 0.05) is 17.5 Å². The van der Waals surface area contributed by atoms with E-state index in [1.54, 1.807) is 18.2 Å². The van der Waals surface area contributed by atoms with E-state index in [4.69, 9.17) is 16.3 Å². The number of nitrogens with one attached hydrogen (secondary N) is 1. The van der Waals surface area contributed by atoms with Crippen LogP contribution in [0.25, 0.3) is 0 Å². The average molecular weight is 386 g/mol. The highest BCUT2D eigenvalue weighted by atomic mass is 35.5. The number of halogens is 1. The van der Waals surface area contributed by atoms with Crippen molar-refractivity contribution in [2.75, 3.05) is 5.32 Å². The van der Waals surface area contributed by atoms with E-state index >= 15 is 0 Å². The maximum Gasteiger partial charge on any atom is 0.228 e. The largest absolute Gasteiger partial charge is 0.487 e. The van der Waals surface area contributed by atoms with Crippen LogP contribution in [-0.4, -0.2) is 12.2 Å². The smallest absolute Gasteiger partial charge is 0.228 e. The maximum atomic E-state index is 12.6. The number of amides is 1. The van der Waals surface area contributed by atoms with Crippen molar-refractivity contribution in [1.82, 2.24) is 0 Å². The van der Waals surface area contributed by atoms with Gasteiger partial charge >= 0.3 is 0 Å². The molecular formula is C22H24ClNO3. The zero-order valence-electron chi connectivity index (χ0n) is 15.4. The summed E-state index contributed by atoms with van der Waals surface area (Å²) >= 11 is 6.31. The van der Waals surface area contributed by atoms with Gasteiger partial charge in [0.25, 0.3) is 0 Å². The van der Waals surface area contributed by atoms with E-state index in [9.17, 15) is 9.59 Å². The lowest BCUT2D eigenvalue weighted by Gasteiger charge is -2.30. The summed E-state index contributed by atoms with van der Waals surface area (Å²) in [5, 5.41) is 3.33. The number of ether oxygens (including phenoxy) is 1. The van der Waals surface area contributed by atoms with Crippen LogP contribution in [-0.2, 0) is 16.2 Å². The van der Waals surface area contributed by atoms with Crippen molar-refractivity contribution in [2.24, 2.45) is 17.8 Å². The molecule has 2 aromatic rings. The van der Waals surface area contributed by atoms with Crippen LogP contribution in [0.3, 0.4) is 0 Å². The van der Waals surface area contributed by atoms with Crippen molar-refractivity contribution in [2.45, 2.75) is 32.8 Å². The number of hydrogen-bond donors (Lipinski definition) is 1. The van der Waals surface area contributed by atoms with Gasteiger partial charge < -0.3 is 14.8 Å². The van der Waals surface area contributed by atoms with Crippen molar-refractivity contribution in [3.05, 3.63) is 59.1 Å². The molecule has 142 valence electrons. The lowest BCUT2D eigenvalue weighted by Crippen LogP contribution is -2.34. The van der Waals surface area contributed by atoms with Gasteiger partial charge in [0.05, 0.1) is 5.02 Å². The normalized spacial score (nSPS) is 22.1. The van der Waals surface area contributed by atoms with Crippen molar-refractivity contribution in [3.63, 3.8) is 0 Å². The summed E-state index contributed by atoms with van der Waals surface area (Å²) in [4.78, 5) is 23.9. The van der Waals surface area contributed by atoms with Gasteiger partial charge in [-0.1, -0.05) is 48.9 Å². The van der Waals surface area contributed by atoms with E-state index in [2.05, 4.69) is 12.2 Å². The fourth-order valence-electron chi connectivity index (χ4n) is 3.57. The van der Waals surface area contributed by atoms with Gasteiger partial charge in [-0.2, -0.15) is 0 Å². The summed E-state index contributed by atoms with van der Waals surface area (Å²) < 4.78 is 5.75. The number of benzene rings is 2. The Morgan fingerprint density at radius 2 is 2.00 bits per heavy atom. The molecule has 3 rings (SSSR count). The second kappa shape index (κ2) is 9.05. The molecule has 0 spiro atoms. The summed E-state index contributed by atoms with van der Waals surface area (Å²) in [6.45, 7) is 2.55. The molecule has 1 aliphatic carbocycles. The zero-order valence-corrected chi connectivity index (χ0v) is 16.1. The van der Waals surface area contributed by atoms with Gasteiger partial charge in [0.2, 0.25) is 5.91 Å². The number of aldehydes is 1. The van der Waals surface area contributed by atoms with Crippen LogP contribution in [0.2, 0.25) is 5.02 Å². The molecular weight excluding hydrogens is 362 g/mol. The minimum absolute atomic E-state index is 0.118.